The average Bonchev–Trinajstić information content (AvgIpc) is 2.59. The summed E-state index contributed by atoms with van der Waals surface area (Å²) in [5.74, 6) is -2.19. The summed E-state index contributed by atoms with van der Waals surface area (Å²) in [4.78, 5) is 50.2. The van der Waals surface area contributed by atoms with Gasteiger partial charge in [-0.3, -0.25) is 20.4 Å². The molecule has 3 amide bonds. The number of aliphatic imine (C=N–C) groups is 1. The van der Waals surface area contributed by atoms with E-state index in [2.05, 4.69) is 20.9 Å². The zero-order valence-corrected chi connectivity index (χ0v) is 19.7. The van der Waals surface area contributed by atoms with Gasteiger partial charge in [-0.05, 0) is 54.4 Å². The van der Waals surface area contributed by atoms with Crippen LogP contribution in [-0.4, -0.2) is 65.5 Å². The molecule has 1 unspecified atom stereocenters. The smallest absolute Gasteiger partial charge is 0.414 e. The Kier molecular flexibility index (Phi) is 12.3. The number of carbonyl (C=O) groups is 4. The fourth-order valence-corrected chi connectivity index (χ4v) is 2.13. The summed E-state index contributed by atoms with van der Waals surface area (Å²) in [6.07, 6.45) is 1.28. The Morgan fingerprint density at radius 2 is 1.34 bits per heavy atom. The van der Waals surface area contributed by atoms with Crippen molar-refractivity contribution in [2.24, 2.45) is 10.7 Å². The van der Waals surface area contributed by atoms with Crippen molar-refractivity contribution >= 4 is 30.0 Å². The molecule has 0 fully saturated rings. The summed E-state index contributed by atoms with van der Waals surface area (Å²) in [5.41, 5.74) is 3.77. The summed E-state index contributed by atoms with van der Waals surface area (Å²) in [5, 5.41) is 15.9. The number of nitrogens with two attached hydrogens (primary N) is 1. The van der Waals surface area contributed by atoms with Crippen LogP contribution in [0.15, 0.2) is 4.99 Å². The molecular formula is C20H37N5O7. The molecule has 0 aliphatic heterocycles. The number of aliphatic carboxylic acids is 1. The van der Waals surface area contributed by atoms with Gasteiger partial charge in [-0.15, -0.1) is 0 Å². The first-order valence-corrected chi connectivity index (χ1v) is 10.4. The molecule has 0 saturated carbocycles. The molecule has 0 saturated heterocycles. The van der Waals surface area contributed by atoms with Crippen molar-refractivity contribution in [2.45, 2.75) is 84.5 Å². The quantitative estimate of drug-likeness (QED) is 0.149. The summed E-state index contributed by atoms with van der Waals surface area (Å²) in [7, 11) is 0. The molecule has 32 heavy (non-hydrogen) atoms. The largest absolute Gasteiger partial charge is 0.480 e. The molecule has 1 atom stereocenters. The van der Waals surface area contributed by atoms with Crippen molar-refractivity contribution in [1.29, 1.82) is 0 Å². The van der Waals surface area contributed by atoms with Crippen LogP contribution in [0, 0.1) is 0 Å². The third kappa shape index (κ3) is 15.9. The lowest BCUT2D eigenvalue weighted by Gasteiger charge is -2.22. The molecule has 0 aromatic carbocycles. The van der Waals surface area contributed by atoms with Crippen LogP contribution >= 0.6 is 0 Å². The molecule has 0 aromatic rings. The molecule has 0 heterocycles. The molecule has 0 spiro atoms. The Balaban J connectivity index is 4.52. The molecule has 0 radical (unpaired) electrons. The minimum absolute atomic E-state index is 0.0802. The standard InChI is InChI=1S/C20H37N5O7/c1-19(2,3)31-17(29)24-16(25-18(30)32-20(4,5)6)23-12-10-8-7-9-11-22-14(26)13(21)15(27)28/h13H,7-12,21H2,1-6H3,(H,22,26)(H,27,28)(H2,23,24,25,29,30). The summed E-state index contributed by atoms with van der Waals surface area (Å²) in [6.45, 7) is 10.9. The van der Waals surface area contributed by atoms with E-state index < -0.39 is 41.3 Å². The van der Waals surface area contributed by atoms with Crippen LogP contribution in [0.4, 0.5) is 9.59 Å². The van der Waals surface area contributed by atoms with Crippen molar-refractivity contribution in [3.63, 3.8) is 0 Å². The first-order valence-electron chi connectivity index (χ1n) is 10.4. The van der Waals surface area contributed by atoms with Gasteiger partial charge in [0.25, 0.3) is 0 Å². The Morgan fingerprint density at radius 3 is 1.78 bits per heavy atom. The second-order valence-corrected chi connectivity index (χ2v) is 9.01. The number of ether oxygens (including phenoxy) is 2. The molecule has 12 heteroatoms. The highest BCUT2D eigenvalue weighted by atomic mass is 16.6. The van der Waals surface area contributed by atoms with Crippen molar-refractivity contribution in [2.75, 3.05) is 13.1 Å². The van der Waals surface area contributed by atoms with Crippen LogP contribution in [0.3, 0.4) is 0 Å². The summed E-state index contributed by atoms with van der Waals surface area (Å²) >= 11 is 0. The fourth-order valence-electron chi connectivity index (χ4n) is 2.13. The lowest BCUT2D eigenvalue weighted by atomic mass is 10.2. The van der Waals surface area contributed by atoms with E-state index in [0.29, 0.717) is 25.9 Å². The lowest BCUT2D eigenvalue weighted by Crippen LogP contribution is -2.47. The number of guanidine groups is 1. The van der Waals surface area contributed by atoms with Gasteiger partial charge in [0.2, 0.25) is 11.9 Å². The third-order valence-electron chi connectivity index (χ3n) is 3.44. The molecule has 6 N–H and O–H groups in total. The number of amides is 3. The normalized spacial score (nSPS) is 12.2. The van der Waals surface area contributed by atoms with Crippen LogP contribution in [0.1, 0.15) is 67.2 Å². The van der Waals surface area contributed by atoms with Gasteiger partial charge in [-0.1, -0.05) is 12.8 Å². The van der Waals surface area contributed by atoms with Crippen LogP contribution in [0.5, 0.6) is 0 Å². The lowest BCUT2D eigenvalue weighted by molar-refractivity contribution is -0.142. The van der Waals surface area contributed by atoms with Gasteiger partial charge in [0.1, 0.15) is 11.2 Å². The van der Waals surface area contributed by atoms with Crippen LogP contribution in [-0.2, 0) is 19.1 Å². The van der Waals surface area contributed by atoms with Crippen molar-refractivity contribution in [1.82, 2.24) is 16.0 Å². The second kappa shape index (κ2) is 13.5. The van der Waals surface area contributed by atoms with Gasteiger partial charge < -0.3 is 25.6 Å². The van der Waals surface area contributed by atoms with E-state index in [1.165, 1.54) is 0 Å². The SMILES string of the molecule is CC(C)(C)OC(=O)NC(=NCCCCCCNC(=O)C(N)C(=O)O)NC(=O)OC(C)(C)C. The van der Waals surface area contributed by atoms with Crippen molar-refractivity contribution in [3.8, 4) is 0 Å². The Labute approximate surface area is 188 Å². The molecule has 0 aliphatic carbocycles. The number of nitrogens with zero attached hydrogens (tertiary/aromatic N) is 1. The molecule has 0 rings (SSSR count). The summed E-state index contributed by atoms with van der Waals surface area (Å²) < 4.78 is 10.3. The van der Waals surface area contributed by atoms with E-state index in [0.717, 1.165) is 12.8 Å². The maximum Gasteiger partial charge on any atom is 0.414 e. The van der Waals surface area contributed by atoms with Gasteiger partial charge in [-0.2, -0.15) is 0 Å². The number of carboxylic acids is 1. The highest BCUT2D eigenvalue weighted by molar-refractivity contribution is 6.01. The third-order valence-corrected chi connectivity index (χ3v) is 3.44. The molecule has 12 nitrogen and oxygen atoms in total. The highest BCUT2D eigenvalue weighted by Gasteiger charge is 2.21. The van der Waals surface area contributed by atoms with Gasteiger partial charge >= 0.3 is 18.2 Å². The van der Waals surface area contributed by atoms with Gasteiger partial charge in [0.15, 0.2) is 6.04 Å². The maximum absolute atomic E-state index is 12.0. The fraction of sp³-hybridized carbons (Fsp3) is 0.750. The first kappa shape index (κ1) is 29.1. The second-order valence-electron chi connectivity index (χ2n) is 9.01. The number of nitrogens with one attached hydrogen (secondary N) is 3. The molecular weight excluding hydrogens is 422 g/mol. The minimum atomic E-state index is -1.57. The van der Waals surface area contributed by atoms with E-state index in [9.17, 15) is 19.2 Å². The highest BCUT2D eigenvalue weighted by Crippen LogP contribution is 2.08. The van der Waals surface area contributed by atoms with Crippen LogP contribution in [0.2, 0.25) is 0 Å². The summed E-state index contributed by atoms with van der Waals surface area (Å²) in [6, 6.07) is -1.57. The number of carboxylic acid groups (broad SMARTS) is 1. The van der Waals surface area contributed by atoms with Gasteiger partial charge in [-0.25, -0.2) is 14.4 Å². The topological polar surface area (TPSA) is 181 Å². The maximum atomic E-state index is 12.0. The van der Waals surface area contributed by atoms with Crippen LogP contribution in [0.25, 0.3) is 0 Å². The van der Waals surface area contributed by atoms with E-state index >= 15 is 0 Å². The molecule has 0 bridgehead atoms. The van der Waals surface area contributed by atoms with E-state index in [4.69, 9.17) is 20.3 Å². The Bertz CT molecular complexity index is 649. The number of carbonyl (C=O) groups excluding carboxylic acids is 3. The predicted octanol–water partition coefficient (Wildman–Crippen LogP) is 1.48. The monoisotopic (exact) mass is 459 g/mol. The minimum Gasteiger partial charge on any atom is -0.480 e. The number of rotatable bonds is 9. The molecule has 0 aromatic heterocycles. The number of unbranched alkanes of at least 4 members (excludes halogenated alkanes) is 3. The zero-order chi connectivity index (χ0) is 24.9. The van der Waals surface area contributed by atoms with Gasteiger partial charge in [0.05, 0.1) is 0 Å². The van der Waals surface area contributed by atoms with E-state index in [-0.39, 0.29) is 5.96 Å². The Hall–Kier alpha value is -2.89. The average molecular weight is 460 g/mol. The first-order chi connectivity index (χ1) is 14.6. The van der Waals surface area contributed by atoms with E-state index in [1.54, 1.807) is 41.5 Å². The Morgan fingerprint density at radius 1 is 0.875 bits per heavy atom. The number of alkyl carbamates (subject to hydrolysis) is 2. The van der Waals surface area contributed by atoms with E-state index in [1.807, 2.05) is 0 Å². The molecule has 0 aliphatic rings. The predicted molar refractivity (Wildman–Crippen MR) is 118 cm³/mol. The van der Waals surface area contributed by atoms with Crippen LogP contribution < -0.4 is 21.7 Å². The zero-order valence-electron chi connectivity index (χ0n) is 19.7. The number of hydrogen-bond acceptors (Lipinski definition) is 8. The number of hydrogen-bond donors (Lipinski definition) is 5. The molecule has 184 valence electrons. The van der Waals surface area contributed by atoms with Gasteiger partial charge in [0, 0.05) is 13.1 Å². The van der Waals surface area contributed by atoms with Crippen molar-refractivity contribution in [3.05, 3.63) is 0 Å². The van der Waals surface area contributed by atoms with Crippen molar-refractivity contribution < 1.29 is 33.8 Å².